The van der Waals surface area contributed by atoms with Crippen LogP contribution in [0.2, 0.25) is 0 Å². The van der Waals surface area contributed by atoms with E-state index in [1.54, 1.807) is 0 Å². The van der Waals surface area contributed by atoms with Gasteiger partial charge in [-0.15, -0.1) is 0 Å². The van der Waals surface area contributed by atoms with Crippen molar-refractivity contribution in [1.82, 2.24) is 0 Å². The van der Waals surface area contributed by atoms with E-state index < -0.39 is 7.26 Å². The SMILES string of the molecule is CC1=C(/C=C/C(C)=C\C[P+](c2ccccc2)(c2ccccc2)c2ccccc2)C(C)(C)CC(O)C1. The fourth-order valence-electron chi connectivity index (χ4n) is 5.55. The Morgan fingerprint density at radius 3 is 1.74 bits per heavy atom. The second-order valence-electron chi connectivity index (χ2n) is 10.4. The lowest BCUT2D eigenvalue weighted by atomic mass is 9.71. The van der Waals surface area contributed by atoms with Gasteiger partial charge in [0.2, 0.25) is 0 Å². The van der Waals surface area contributed by atoms with E-state index in [-0.39, 0.29) is 11.5 Å². The second-order valence-corrected chi connectivity index (χ2v) is 14.0. The normalized spacial score (nSPS) is 18.8. The van der Waals surface area contributed by atoms with Gasteiger partial charge in [0.25, 0.3) is 0 Å². The molecule has 2 heteroatoms. The molecule has 0 fully saturated rings. The average Bonchev–Trinajstić information content (AvgIpc) is 2.85. The Morgan fingerprint density at radius 1 is 0.857 bits per heavy atom. The van der Waals surface area contributed by atoms with Gasteiger partial charge in [0.1, 0.15) is 23.2 Å². The summed E-state index contributed by atoms with van der Waals surface area (Å²) < 4.78 is 0. The van der Waals surface area contributed by atoms with Gasteiger partial charge in [-0.1, -0.05) is 91.7 Å². The molecule has 0 aromatic heterocycles. The molecule has 0 aliphatic heterocycles. The summed E-state index contributed by atoms with van der Waals surface area (Å²) >= 11 is 0. The summed E-state index contributed by atoms with van der Waals surface area (Å²) in [5.74, 6) is 0. The lowest BCUT2D eigenvalue weighted by Crippen LogP contribution is -2.33. The summed E-state index contributed by atoms with van der Waals surface area (Å²) in [6.45, 7) is 8.87. The molecule has 1 nitrogen and oxygen atoms in total. The third kappa shape index (κ3) is 5.58. The summed E-state index contributed by atoms with van der Waals surface area (Å²) in [5, 5.41) is 14.5. The van der Waals surface area contributed by atoms with Crippen molar-refractivity contribution in [3.8, 4) is 0 Å². The molecule has 0 saturated carbocycles. The standard InChI is InChI=1S/C33H38OP/c1-26(20-21-32-27(2)24-28(34)25-33(32,3)4)22-23-35(29-14-8-5-9-15-29,30-16-10-6-11-17-30)31-18-12-7-13-19-31/h5-22,28,34H,23-25H2,1-4H3/q+1/b21-20+,26-22-. The minimum absolute atomic E-state index is 0.00654. The van der Waals surface area contributed by atoms with Gasteiger partial charge >= 0.3 is 0 Å². The van der Waals surface area contributed by atoms with Crippen LogP contribution in [0, 0.1) is 5.41 Å². The van der Waals surface area contributed by atoms with Crippen LogP contribution in [-0.2, 0) is 0 Å². The van der Waals surface area contributed by atoms with Crippen molar-refractivity contribution >= 4 is 23.2 Å². The van der Waals surface area contributed by atoms with Crippen molar-refractivity contribution in [3.63, 3.8) is 0 Å². The van der Waals surface area contributed by atoms with Crippen LogP contribution >= 0.6 is 7.26 Å². The Balaban J connectivity index is 1.76. The van der Waals surface area contributed by atoms with Crippen LogP contribution in [0.5, 0.6) is 0 Å². The van der Waals surface area contributed by atoms with Crippen molar-refractivity contribution in [3.05, 3.63) is 126 Å². The summed E-state index contributed by atoms with van der Waals surface area (Å²) in [4.78, 5) is 0. The van der Waals surface area contributed by atoms with Gasteiger partial charge in [0.05, 0.1) is 12.3 Å². The molecule has 3 aromatic rings. The molecule has 0 amide bonds. The molecule has 4 rings (SSSR count). The third-order valence-electron chi connectivity index (χ3n) is 7.27. The predicted octanol–water partition coefficient (Wildman–Crippen LogP) is 6.98. The van der Waals surface area contributed by atoms with Crippen LogP contribution in [0.15, 0.2) is 126 Å². The topological polar surface area (TPSA) is 20.2 Å². The Hall–Kier alpha value is -2.73. The third-order valence-corrected chi connectivity index (χ3v) is 11.5. The number of rotatable bonds is 7. The van der Waals surface area contributed by atoms with Crippen LogP contribution in [0.3, 0.4) is 0 Å². The quantitative estimate of drug-likeness (QED) is 0.285. The molecule has 1 N–H and O–H groups in total. The molecular weight excluding hydrogens is 443 g/mol. The highest BCUT2D eigenvalue weighted by atomic mass is 31.2. The molecule has 35 heavy (non-hydrogen) atoms. The van der Waals surface area contributed by atoms with Gasteiger partial charge in [0, 0.05) is 0 Å². The lowest BCUT2D eigenvalue weighted by molar-refractivity contribution is 0.116. The number of aliphatic hydroxyl groups is 1. The van der Waals surface area contributed by atoms with Crippen molar-refractivity contribution in [2.75, 3.05) is 6.16 Å². The first-order chi connectivity index (χ1) is 16.8. The van der Waals surface area contributed by atoms with E-state index in [0.29, 0.717) is 0 Å². The monoisotopic (exact) mass is 481 g/mol. The van der Waals surface area contributed by atoms with E-state index in [1.807, 2.05) is 0 Å². The average molecular weight is 482 g/mol. The summed E-state index contributed by atoms with van der Waals surface area (Å²) in [6, 6.07) is 33.1. The minimum atomic E-state index is -1.86. The van der Waals surface area contributed by atoms with E-state index in [0.717, 1.165) is 19.0 Å². The van der Waals surface area contributed by atoms with Crippen LogP contribution in [0.4, 0.5) is 0 Å². The van der Waals surface area contributed by atoms with E-state index in [1.165, 1.54) is 32.6 Å². The Labute approximate surface area is 212 Å². The van der Waals surface area contributed by atoms with Crippen molar-refractivity contribution in [1.29, 1.82) is 0 Å². The first-order valence-electron chi connectivity index (χ1n) is 12.6. The number of hydrogen-bond acceptors (Lipinski definition) is 1. The van der Waals surface area contributed by atoms with Crippen molar-refractivity contribution in [2.45, 2.75) is 46.6 Å². The molecular formula is C33H38OP+. The zero-order valence-corrected chi connectivity index (χ0v) is 22.4. The molecule has 0 saturated heterocycles. The van der Waals surface area contributed by atoms with E-state index in [9.17, 15) is 5.11 Å². The molecule has 0 bridgehead atoms. The summed E-state index contributed by atoms with van der Waals surface area (Å²) in [5.41, 5.74) is 3.94. The first-order valence-corrected chi connectivity index (χ1v) is 14.6. The largest absolute Gasteiger partial charge is 0.393 e. The maximum absolute atomic E-state index is 10.2. The highest BCUT2D eigenvalue weighted by Gasteiger charge is 2.44. The van der Waals surface area contributed by atoms with Gasteiger partial charge < -0.3 is 5.11 Å². The predicted molar refractivity (Wildman–Crippen MR) is 155 cm³/mol. The smallest absolute Gasteiger partial charge is 0.115 e. The molecule has 3 aromatic carbocycles. The van der Waals surface area contributed by atoms with E-state index in [2.05, 4.69) is 137 Å². The van der Waals surface area contributed by atoms with Gasteiger partial charge in [-0.2, -0.15) is 0 Å². The zero-order valence-electron chi connectivity index (χ0n) is 21.5. The Kier molecular flexibility index (Phi) is 7.90. The fourth-order valence-corrected chi connectivity index (χ4v) is 9.69. The number of hydrogen-bond donors (Lipinski definition) is 1. The van der Waals surface area contributed by atoms with Crippen LogP contribution in [-0.4, -0.2) is 17.4 Å². The highest BCUT2D eigenvalue weighted by Crippen LogP contribution is 2.55. The maximum atomic E-state index is 10.2. The highest BCUT2D eigenvalue weighted by molar-refractivity contribution is 7.95. The number of aliphatic hydroxyl groups excluding tert-OH is 1. The molecule has 0 radical (unpaired) electrons. The number of benzene rings is 3. The van der Waals surface area contributed by atoms with Crippen molar-refractivity contribution < 1.29 is 5.11 Å². The molecule has 180 valence electrons. The van der Waals surface area contributed by atoms with Gasteiger partial charge in [-0.3, -0.25) is 0 Å². The second kappa shape index (κ2) is 10.9. The Morgan fingerprint density at radius 2 is 1.31 bits per heavy atom. The maximum Gasteiger partial charge on any atom is 0.115 e. The molecule has 0 heterocycles. The van der Waals surface area contributed by atoms with Gasteiger partial charge in [0.15, 0.2) is 0 Å². The fraction of sp³-hybridized carbons (Fsp3) is 0.273. The number of allylic oxidation sites excluding steroid dienone is 5. The molecule has 0 spiro atoms. The summed E-state index contributed by atoms with van der Waals surface area (Å²) in [6.07, 6.45) is 9.33. The van der Waals surface area contributed by atoms with E-state index >= 15 is 0 Å². The van der Waals surface area contributed by atoms with Crippen molar-refractivity contribution in [2.24, 2.45) is 5.41 Å². The lowest BCUT2D eigenvalue weighted by Gasteiger charge is -2.35. The van der Waals surface area contributed by atoms with Gasteiger partial charge in [-0.05, 0) is 80.2 Å². The van der Waals surface area contributed by atoms with Gasteiger partial charge in [-0.25, -0.2) is 0 Å². The molecule has 1 aliphatic rings. The van der Waals surface area contributed by atoms with Crippen LogP contribution in [0.1, 0.15) is 40.5 Å². The Bertz CT molecular complexity index is 1110. The molecule has 1 unspecified atom stereocenters. The van der Waals surface area contributed by atoms with Crippen LogP contribution < -0.4 is 15.9 Å². The molecule has 1 atom stereocenters. The molecule has 1 aliphatic carbocycles. The first kappa shape index (κ1) is 25.4. The van der Waals surface area contributed by atoms with Crippen LogP contribution in [0.25, 0.3) is 0 Å². The summed E-state index contributed by atoms with van der Waals surface area (Å²) in [7, 11) is -1.86. The van der Waals surface area contributed by atoms with E-state index in [4.69, 9.17) is 0 Å². The minimum Gasteiger partial charge on any atom is -0.393 e. The zero-order chi connectivity index (χ0) is 24.9.